The number of rotatable bonds is 2. The molecule has 3 aliphatic heterocycles. The van der Waals surface area contributed by atoms with Crippen molar-refractivity contribution in [3.8, 4) is 0 Å². The van der Waals surface area contributed by atoms with Gasteiger partial charge in [0.2, 0.25) is 5.91 Å². The molecule has 0 N–H and O–H groups in total. The summed E-state index contributed by atoms with van der Waals surface area (Å²) < 4.78 is 17.7. The molecular formula is C19H27BN2O4. The van der Waals surface area contributed by atoms with E-state index in [9.17, 15) is 4.79 Å². The summed E-state index contributed by atoms with van der Waals surface area (Å²) >= 11 is 0. The third-order valence-electron chi connectivity index (χ3n) is 6.12. The minimum atomic E-state index is -0.338. The lowest BCUT2D eigenvalue weighted by Crippen LogP contribution is -2.60. The number of piperazine rings is 1. The highest BCUT2D eigenvalue weighted by Gasteiger charge is 2.51. The van der Waals surface area contributed by atoms with Gasteiger partial charge in [0.05, 0.1) is 23.9 Å². The molecule has 0 bridgehead atoms. The number of amides is 1. The lowest BCUT2D eigenvalue weighted by atomic mass is 9.79. The molecule has 1 atom stereocenters. The fourth-order valence-electron chi connectivity index (χ4n) is 3.75. The maximum Gasteiger partial charge on any atom is 0.494 e. The van der Waals surface area contributed by atoms with E-state index in [1.54, 1.807) is 0 Å². The molecule has 0 radical (unpaired) electrons. The van der Waals surface area contributed by atoms with Crippen LogP contribution in [0, 0.1) is 0 Å². The van der Waals surface area contributed by atoms with Crippen LogP contribution >= 0.6 is 0 Å². The summed E-state index contributed by atoms with van der Waals surface area (Å²) in [6, 6.07) is 8.52. The summed E-state index contributed by atoms with van der Waals surface area (Å²) in [5.74, 6) is 0.108. The highest BCUT2D eigenvalue weighted by Crippen LogP contribution is 2.36. The van der Waals surface area contributed by atoms with E-state index in [1.165, 1.54) is 0 Å². The molecule has 0 aliphatic carbocycles. The molecule has 1 amide bonds. The van der Waals surface area contributed by atoms with Gasteiger partial charge in [-0.25, -0.2) is 0 Å². The number of hydrogen-bond donors (Lipinski definition) is 0. The molecule has 140 valence electrons. The Kier molecular flexibility index (Phi) is 4.29. The molecule has 0 unspecified atom stereocenters. The number of morpholine rings is 1. The Bertz CT molecular complexity index is 675. The summed E-state index contributed by atoms with van der Waals surface area (Å²) in [5.41, 5.74) is 1.52. The zero-order valence-electron chi connectivity index (χ0n) is 16.0. The first-order valence-corrected chi connectivity index (χ1v) is 9.35. The Labute approximate surface area is 155 Å². The van der Waals surface area contributed by atoms with E-state index in [4.69, 9.17) is 14.0 Å². The maximum atomic E-state index is 11.9. The van der Waals surface area contributed by atoms with Crippen LogP contribution in [-0.4, -0.2) is 68.0 Å². The van der Waals surface area contributed by atoms with Crippen molar-refractivity contribution >= 4 is 24.2 Å². The first-order valence-electron chi connectivity index (χ1n) is 9.35. The molecule has 3 heterocycles. The van der Waals surface area contributed by atoms with Crippen molar-refractivity contribution in [1.29, 1.82) is 0 Å². The normalized spacial score (nSPS) is 27.6. The van der Waals surface area contributed by atoms with E-state index in [0.29, 0.717) is 6.61 Å². The molecule has 7 heteroatoms. The number of carbonyl (C=O) groups excluding carboxylic acids is 1. The molecule has 26 heavy (non-hydrogen) atoms. The van der Waals surface area contributed by atoms with Crippen molar-refractivity contribution in [3.05, 3.63) is 24.3 Å². The second-order valence-electron chi connectivity index (χ2n) is 8.38. The first kappa shape index (κ1) is 17.8. The number of carbonyl (C=O) groups is 1. The summed E-state index contributed by atoms with van der Waals surface area (Å²) in [7, 11) is -0.338. The molecule has 0 saturated carbocycles. The van der Waals surface area contributed by atoms with Crippen molar-refractivity contribution in [2.75, 3.05) is 37.7 Å². The summed E-state index contributed by atoms with van der Waals surface area (Å²) in [5, 5.41) is 0. The van der Waals surface area contributed by atoms with Crippen LogP contribution < -0.4 is 10.4 Å². The van der Waals surface area contributed by atoms with E-state index < -0.39 is 0 Å². The van der Waals surface area contributed by atoms with Gasteiger partial charge in [-0.15, -0.1) is 0 Å². The SMILES string of the molecule is CC1(C)OB(c2ccc(N3CCN4C(=O)COC[C@H]4C3)cc2)OC1(C)C. The lowest BCUT2D eigenvalue weighted by molar-refractivity contribution is -0.148. The molecular weight excluding hydrogens is 331 g/mol. The highest BCUT2D eigenvalue weighted by atomic mass is 16.7. The van der Waals surface area contributed by atoms with Crippen LogP contribution in [0.1, 0.15) is 27.7 Å². The predicted molar refractivity (Wildman–Crippen MR) is 101 cm³/mol. The third-order valence-corrected chi connectivity index (χ3v) is 6.12. The van der Waals surface area contributed by atoms with Crippen molar-refractivity contribution in [2.45, 2.75) is 44.9 Å². The fraction of sp³-hybridized carbons (Fsp3) is 0.632. The van der Waals surface area contributed by atoms with Gasteiger partial charge in [0, 0.05) is 25.3 Å². The minimum Gasteiger partial charge on any atom is -0.399 e. The van der Waals surface area contributed by atoms with Crippen LogP contribution in [0.2, 0.25) is 0 Å². The fourth-order valence-corrected chi connectivity index (χ4v) is 3.75. The molecule has 0 aromatic heterocycles. The van der Waals surface area contributed by atoms with E-state index in [2.05, 4.69) is 56.9 Å². The average Bonchev–Trinajstić information content (AvgIpc) is 2.83. The van der Waals surface area contributed by atoms with Gasteiger partial charge >= 0.3 is 7.12 Å². The topological polar surface area (TPSA) is 51.2 Å². The van der Waals surface area contributed by atoms with Crippen LogP contribution in [0.4, 0.5) is 5.69 Å². The van der Waals surface area contributed by atoms with Gasteiger partial charge in [0.1, 0.15) is 6.61 Å². The van der Waals surface area contributed by atoms with Crippen LogP contribution in [0.25, 0.3) is 0 Å². The molecule has 4 rings (SSSR count). The second-order valence-corrected chi connectivity index (χ2v) is 8.38. The molecule has 3 aliphatic rings. The summed E-state index contributed by atoms with van der Waals surface area (Å²) in [4.78, 5) is 16.2. The molecule has 6 nitrogen and oxygen atoms in total. The summed E-state index contributed by atoms with van der Waals surface area (Å²) in [6.45, 7) is 11.5. The Hall–Kier alpha value is -1.57. The quantitative estimate of drug-likeness (QED) is 0.740. The largest absolute Gasteiger partial charge is 0.494 e. The Morgan fingerprint density at radius 2 is 1.69 bits per heavy atom. The van der Waals surface area contributed by atoms with Crippen molar-refractivity contribution in [3.63, 3.8) is 0 Å². The van der Waals surface area contributed by atoms with E-state index in [1.807, 2.05) is 4.90 Å². The predicted octanol–water partition coefficient (Wildman–Crippen LogP) is 1.03. The maximum absolute atomic E-state index is 11.9. The van der Waals surface area contributed by atoms with Gasteiger partial charge in [-0.05, 0) is 45.3 Å². The standard InChI is InChI=1S/C19H27BN2O4/c1-18(2)19(3,4)26-20(25-18)14-5-7-15(8-6-14)21-9-10-22-16(11-21)12-24-13-17(22)23/h5-8,16H,9-13H2,1-4H3/t16-/m1/s1. The zero-order chi connectivity index (χ0) is 18.5. The molecule has 1 aromatic carbocycles. The molecule has 3 saturated heterocycles. The van der Waals surface area contributed by atoms with E-state index in [-0.39, 0.29) is 36.9 Å². The Balaban J connectivity index is 1.45. The highest BCUT2D eigenvalue weighted by molar-refractivity contribution is 6.62. The first-order chi connectivity index (χ1) is 12.3. The number of benzene rings is 1. The van der Waals surface area contributed by atoms with Crippen molar-refractivity contribution < 1.29 is 18.8 Å². The second kappa shape index (κ2) is 6.25. The average molecular weight is 358 g/mol. The monoisotopic (exact) mass is 358 g/mol. The Morgan fingerprint density at radius 3 is 2.35 bits per heavy atom. The van der Waals surface area contributed by atoms with Crippen LogP contribution in [-0.2, 0) is 18.8 Å². The van der Waals surface area contributed by atoms with Gasteiger partial charge in [-0.3, -0.25) is 4.79 Å². The van der Waals surface area contributed by atoms with E-state index >= 15 is 0 Å². The van der Waals surface area contributed by atoms with Crippen molar-refractivity contribution in [2.24, 2.45) is 0 Å². The van der Waals surface area contributed by atoms with E-state index in [0.717, 1.165) is 30.8 Å². The number of fused-ring (bicyclic) bond motifs is 1. The van der Waals surface area contributed by atoms with Gasteiger partial charge < -0.3 is 23.8 Å². The van der Waals surface area contributed by atoms with Gasteiger partial charge in [0.15, 0.2) is 0 Å². The van der Waals surface area contributed by atoms with Crippen LogP contribution in [0.3, 0.4) is 0 Å². The van der Waals surface area contributed by atoms with Crippen LogP contribution in [0.5, 0.6) is 0 Å². The minimum absolute atomic E-state index is 0.108. The van der Waals surface area contributed by atoms with Crippen molar-refractivity contribution in [1.82, 2.24) is 4.90 Å². The molecule has 3 fully saturated rings. The van der Waals surface area contributed by atoms with Gasteiger partial charge in [-0.1, -0.05) is 12.1 Å². The van der Waals surface area contributed by atoms with Crippen LogP contribution in [0.15, 0.2) is 24.3 Å². The van der Waals surface area contributed by atoms with Gasteiger partial charge in [0.25, 0.3) is 0 Å². The molecule has 1 aromatic rings. The third kappa shape index (κ3) is 3.02. The number of nitrogens with zero attached hydrogens (tertiary/aromatic N) is 2. The number of hydrogen-bond acceptors (Lipinski definition) is 5. The Morgan fingerprint density at radius 1 is 1.04 bits per heavy atom. The van der Waals surface area contributed by atoms with Gasteiger partial charge in [-0.2, -0.15) is 0 Å². The smallest absolute Gasteiger partial charge is 0.399 e. The lowest BCUT2D eigenvalue weighted by Gasteiger charge is -2.44. The zero-order valence-corrected chi connectivity index (χ0v) is 16.0. The number of ether oxygens (including phenoxy) is 1. The molecule has 0 spiro atoms. The number of anilines is 1. The summed E-state index contributed by atoms with van der Waals surface area (Å²) in [6.07, 6.45) is 0.